The predicted molar refractivity (Wildman–Crippen MR) is 69.7 cm³/mol. The molecule has 0 amide bonds. The molecule has 0 saturated carbocycles. The maximum absolute atomic E-state index is 5.73. The highest BCUT2D eigenvalue weighted by atomic mass is 15.2. The van der Waals surface area contributed by atoms with Gasteiger partial charge in [0, 0.05) is 30.7 Å². The number of nitrogens with zero attached hydrogens (tertiary/aromatic N) is 3. The Hall–Kier alpha value is -2.10. The largest absolute Gasteiger partial charge is 0.399 e. The summed E-state index contributed by atoms with van der Waals surface area (Å²) in [5.74, 6) is 0.855. The number of nitrogen functional groups attached to an aromatic ring is 1. The van der Waals surface area contributed by atoms with E-state index in [9.17, 15) is 0 Å². The smallest absolute Gasteiger partial charge is 0.130 e. The second-order valence-corrected chi connectivity index (χ2v) is 4.07. The molecule has 0 aliphatic carbocycles. The normalized spacial score (nSPS) is 10.2. The standard InChI is InChI=1S/C13H16N4/c1-10-4-3-5-12(16-10)9-17(2)13-8-11(14)6-7-15-13/h3-8H,9H2,1-2H3,(H2,14,15). The number of nitrogens with two attached hydrogens (primary N) is 1. The number of pyridine rings is 2. The number of hydrogen-bond donors (Lipinski definition) is 1. The zero-order valence-electron chi connectivity index (χ0n) is 10.1. The van der Waals surface area contributed by atoms with Gasteiger partial charge in [-0.05, 0) is 25.1 Å². The molecule has 17 heavy (non-hydrogen) atoms. The van der Waals surface area contributed by atoms with Crippen molar-refractivity contribution in [2.45, 2.75) is 13.5 Å². The summed E-state index contributed by atoms with van der Waals surface area (Å²) < 4.78 is 0. The first-order valence-electron chi connectivity index (χ1n) is 5.50. The maximum Gasteiger partial charge on any atom is 0.130 e. The summed E-state index contributed by atoms with van der Waals surface area (Å²) in [4.78, 5) is 10.8. The summed E-state index contributed by atoms with van der Waals surface area (Å²) in [5, 5.41) is 0. The minimum Gasteiger partial charge on any atom is -0.399 e. The summed E-state index contributed by atoms with van der Waals surface area (Å²) in [7, 11) is 1.98. The molecule has 0 radical (unpaired) electrons. The van der Waals surface area contributed by atoms with Crippen molar-refractivity contribution in [1.29, 1.82) is 0 Å². The van der Waals surface area contributed by atoms with Gasteiger partial charge in [0.1, 0.15) is 5.82 Å². The fourth-order valence-electron chi connectivity index (χ4n) is 1.65. The molecule has 2 rings (SSSR count). The van der Waals surface area contributed by atoms with E-state index in [0.29, 0.717) is 0 Å². The molecule has 0 aliphatic heterocycles. The van der Waals surface area contributed by atoms with E-state index in [1.54, 1.807) is 12.3 Å². The van der Waals surface area contributed by atoms with E-state index < -0.39 is 0 Å². The highest BCUT2D eigenvalue weighted by Crippen LogP contribution is 2.14. The van der Waals surface area contributed by atoms with Crippen LogP contribution in [0.2, 0.25) is 0 Å². The van der Waals surface area contributed by atoms with Crippen LogP contribution in [-0.4, -0.2) is 17.0 Å². The molecule has 0 spiro atoms. The van der Waals surface area contributed by atoms with Crippen molar-refractivity contribution in [1.82, 2.24) is 9.97 Å². The molecule has 0 saturated heterocycles. The van der Waals surface area contributed by atoms with Crippen molar-refractivity contribution in [3.05, 3.63) is 47.9 Å². The van der Waals surface area contributed by atoms with Crippen molar-refractivity contribution in [2.75, 3.05) is 17.7 Å². The molecular weight excluding hydrogens is 212 g/mol. The summed E-state index contributed by atoms with van der Waals surface area (Å²) in [6.07, 6.45) is 1.71. The fraction of sp³-hybridized carbons (Fsp3) is 0.231. The summed E-state index contributed by atoms with van der Waals surface area (Å²) in [6, 6.07) is 9.65. The van der Waals surface area contributed by atoms with Gasteiger partial charge in [-0.1, -0.05) is 6.07 Å². The highest BCUT2D eigenvalue weighted by molar-refractivity contribution is 5.49. The maximum atomic E-state index is 5.73. The molecule has 2 aromatic rings. The minimum atomic E-state index is 0.720. The zero-order chi connectivity index (χ0) is 12.3. The van der Waals surface area contributed by atoms with Crippen LogP contribution in [0.15, 0.2) is 36.5 Å². The lowest BCUT2D eigenvalue weighted by molar-refractivity contribution is 0.859. The van der Waals surface area contributed by atoms with Crippen LogP contribution >= 0.6 is 0 Å². The van der Waals surface area contributed by atoms with E-state index in [2.05, 4.69) is 9.97 Å². The van der Waals surface area contributed by atoms with Crippen LogP contribution in [0.1, 0.15) is 11.4 Å². The topological polar surface area (TPSA) is 55.0 Å². The van der Waals surface area contributed by atoms with Crippen LogP contribution in [0, 0.1) is 6.92 Å². The van der Waals surface area contributed by atoms with Crippen LogP contribution in [0.25, 0.3) is 0 Å². The Morgan fingerprint density at radius 3 is 2.82 bits per heavy atom. The van der Waals surface area contributed by atoms with Crippen LogP contribution < -0.4 is 10.6 Å². The van der Waals surface area contributed by atoms with Crippen LogP contribution in [-0.2, 0) is 6.54 Å². The van der Waals surface area contributed by atoms with Crippen molar-refractivity contribution < 1.29 is 0 Å². The number of anilines is 2. The number of rotatable bonds is 3. The van der Waals surface area contributed by atoms with Gasteiger partial charge >= 0.3 is 0 Å². The highest BCUT2D eigenvalue weighted by Gasteiger charge is 2.04. The third-order valence-corrected chi connectivity index (χ3v) is 2.51. The molecule has 2 aromatic heterocycles. The Bertz CT molecular complexity index is 510. The fourth-order valence-corrected chi connectivity index (χ4v) is 1.65. The lowest BCUT2D eigenvalue weighted by Crippen LogP contribution is -2.18. The van der Waals surface area contributed by atoms with Crippen molar-refractivity contribution in [3.63, 3.8) is 0 Å². The van der Waals surface area contributed by atoms with Gasteiger partial charge in [-0.25, -0.2) is 4.98 Å². The monoisotopic (exact) mass is 228 g/mol. The Balaban J connectivity index is 2.14. The molecule has 0 unspecified atom stereocenters. The summed E-state index contributed by atoms with van der Waals surface area (Å²) in [6.45, 7) is 2.71. The van der Waals surface area contributed by atoms with Crippen molar-refractivity contribution in [2.24, 2.45) is 0 Å². The molecule has 0 aromatic carbocycles. The quantitative estimate of drug-likeness (QED) is 0.873. The lowest BCUT2D eigenvalue weighted by Gasteiger charge is -2.18. The van der Waals surface area contributed by atoms with Crippen LogP contribution in [0.5, 0.6) is 0 Å². The van der Waals surface area contributed by atoms with Gasteiger partial charge < -0.3 is 10.6 Å². The average molecular weight is 228 g/mol. The lowest BCUT2D eigenvalue weighted by atomic mass is 10.3. The van der Waals surface area contributed by atoms with E-state index in [0.717, 1.165) is 29.4 Å². The van der Waals surface area contributed by atoms with Crippen LogP contribution in [0.3, 0.4) is 0 Å². The van der Waals surface area contributed by atoms with Gasteiger partial charge in [-0.15, -0.1) is 0 Å². The Labute approximate surface area is 101 Å². The predicted octanol–water partition coefficient (Wildman–Crippen LogP) is 2.00. The van der Waals surface area contributed by atoms with Gasteiger partial charge in [-0.3, -0.25) is 4.98 Å². The molecule has 4 nitrogen and oxygen atoms in total. The number of aryl methyl sites for hydroxylation is 1. The molecule has 0 bridgehead atoms. The Morgan fingerprint density at radius 2 is 2.12 bits per heavy atom. The van der Waals surface area contributed by atoms with Crippen LogP contribution in [0.4, 0.5) is 11.5 Å². The molecule has 0 atom stereocenters. The van der Waals surface area contributed by atoms with Gasteiger partial charge in [-0.2, -0.15) is 0 Å². The van der Waals surface area contributed by atoms with E-state index in [-0.39, 0.29) is 0 Å². The molecule has 0 fully saturated rings. The third kappa shape index (κ3) is 2.93. The second-order valence-electron chi connectivity index (χ2n) is 4.07. The molecule has 2 heterocycles. The van der Waals surface area contributed by atoms with Crippen molar-refractivity contribution in [3.8, 4) is 0 Å². The zero-order valence-corrected chi connectivity index (χ0v) is 10.1. The summed E-state index contributed by atoms with van der Waals surface area (Å²) >= 11 is 0. The number of aromatic nitrogens is 2. The molecule has 4 heteroatoms. The first-order valence-corrected chi connectivity index (χ1v) is 5.50. The summed E-state index contributed by atoms with van der Waals surface area (Å²) in [5.41, 5.74) is 8.50. The van der Waals surface area contributed by atoms with E-state index in [1.807, 2.05) is 43.1 Å². The van der Waals surface area contributed by atoms with Gasteiger partial charge in [0.15, 0.2) is 0 Å². The Kier molecular flexibility index (Phi) is 3.23. The Morgan fingerprint density at radius 1 is 1.29 bits per heavy atom. The number of hydrogen-bond acceptors (Lipinski definition) is 4. The van der Waals surface area contributed by atoms with Gasteiger partial charge in [0.2, 0.25) is 0 Å². The molecule has 0 aliphatic rings. The molecular formula is C13H16N4. The van der Waals surface area contributed by atoms with Gasteiger partial charge in [0.25, 0.3) is 0 Å². The third-order valence-electron chi connectivity index (χ3n) is 2.51. The van der Waals surface area contributed by atoms with E-state index >= 15 is 0 Å². The first kappa shape index (κ1) is 11.4. The van der Waals surface area contributed by atoms with E-state index in [4.69, 9.17) is 5.73 Å². The SMILES string of the molecule is Cc1cccc(CN(C)c2cc(N)ccn2)n1. The van der Waals surface area contributed by atoms with Gasteiger partial charge in [0.05, 0.1) is 12.2 Å². The average Bonchev–Trinajstić information content (AvgIpc) is 2.29. The second kappa shape index (κ2) is 4.82. The first-order chi connectivity index (χ1) is 8.15. The van der Waals surface area contributed by atoms with Crippen molar-refractivity contribution >= 4 is 11.5 Å². The molecule has 88 valence electrons. The minimum absolute atomic E-state index is 0.720. The molecule has 2 N–H and O–H groups in total. The van der Waals surface area contributed by atoms with E-state index in [1.165, 1.54) is 0 Å².